The van der Waals surface area contributed by atoms with E-state index in [1.54, 1.807) is 0 Å². The predicted octanol–water partition coefficient (Wildman–Crippen LogP) is 3.13. The van der Waals surface area contributed by atoms with Gasteiger partial charge in [0.1, 0.15) is 17.5 Å². The van der Waals surface area contributed by atoms with E-state index in [1.807, 2.05) is 24.3 Å². The average Bonchev–Trinajstić information content (AvgIpc) is 2.84. The van der Waals surface area contributed by atoms with Crippen molar-refractivity contribution in [1.82, 2.24) is 15.3 Å². The first kappa shape index (κ1) is 12.7. The van der Waals surface area contributed by atoms with E-state index in [2.05, 4.69) is 15.3 Å². The maximum Gasteiger partial charge on any atom is 0.130 e. The molecule has 3 nitrogen and oxygen atoms in total. The SMILES string of the molecule is Fc1cccc(F)c1CNCc1nc2ccccc2[nH]1. The molecule has 2 aromatic carbocycles. The lowest BCUT2D eigenvalue weighted by Crippen LogP contribution is -2.15. The normalized spacial score (nSPS) is 11.1. The molecule has 3 aromatic rings. The summed E-state index contributed by atoms with van der Waals surface area (Å²) >= 11 is 0. The molecule has 0 atom stereocenters. The summed E-state index contributed by atoms with van der Waals surface area (Å²) in [5.41, 5.74) is 1.87. The highest BCUT2D eigenvalue weighted by atomic mass is 19.1. The Kier molecular flexibility index (Phi) is 3.43. The van der Waals surface area contributed by atoms with Gasteiger partial charge in [0.25, 0.3) is 0 Å². The smallest absolute Gasteiger partial charge is 0.130 e. The van der Waals surface area contributed by atoms with Crippen molar-refractivity contribution in [3.63, 3.8) is 0 Å². The predicted molar refractivity (Wildman–Crippen MR) is 73.0 cm³/mol. The monoisotopic (exact) mass is 273 g/mol. The number of H-pyrrole nitrogens is 1. The van der Waals surface area contributed by atoms with E-state index >= 15 is 0 Å². The molecule has 0 saturated heterocycles. The molecule has 0 aliphatic carbocycles. The zero-order valence-corrected chi connectivity index (χ0v) is 10.7. The first-order valence-electron chi connectivity index (χ1n) is 6.31. The Morgan fingerprint density at radius 3 is 2.45 bits per heavy atom. The lowest BCUT2D eigenvalue weighted by Gasteiger charge is -2.05. The molecule has 5 heteroatoms. The minimum absolute atomic E-state index is 0.0450. The van der Waals surface area contributed by atoms with Crippen LogP contribution in [0.15, 0.2) is 42.5 Å². The summed E-state index contributed by atoms with van der Waals surface area (Å²) in [4.78, 5) is 7.53. The maximum absolute atomic E-state index is 13.4. The fourth-order valence-electron chi connectivity index (χ4n) is 2.10. The van der Waals surface area contributed by atoms with Crippen molar-refractivity contribution in [3.8, 4) is 0 Å². The molecule has 102 valence electrons. The van der Waals surface area contributed by atoms with E-state index in [1.165, 1.54) is 18.2 Å². The summed E-state index contributed by atoms with van der Waals surface area (Å²) in [6.07, 6.45) is 0. The molecule has 1 aromatic heterocycles. The van der Waals surface area contributed by atoms with Gasteiger partial charge < -0.3 is 10.3 Å². The Hall–Kier alpha value is -2.27. The van der Waals surface area contributed by atoms with Crippen LogP contribution in [0.25, 0.3) is 11.0 Å². The van der Waals surface area contributed by atoms with Crippen LogP contribution in [0.4, 0.5) is 8.78 Å². The summed E-state index contributed by atoms with van der Waals surface area (Å²) < 4.78 is 26.9. The molecule has 0 saturated carbocycles. The fourth-order valence-corrected chi connectivity index (χ4v) is 2.10. The first-order valence-corrected chi connectivity index (χ1v) is 6.31. The number of aromatic nitrogens is 2. The molecule has 0 bridgehead atoms. The van der Waals surface area contributed by atoms with E-state index in [0.29, 0.717) is 6.54 Å². The summed E-state index contributed by atoms with van der Waals surface area (Å²) in [5.74, 6) is -0.341. The number of nitrogens with zero attached hydrogens (tertiary/aromatic N) is 1. The number of aromatic amines is 1. The molecular weight excluding hydrogens is 260 g/mol. The summed E-state index contributed by atoms with van der Waals surface area (Å²) in [6.45, 7) is 0.540. The first-order chi connectivity index (χ1) is 9.74. The average molecular weight is 273 g/mol. The van der Waals surface area contributed by atoms with Crippen LogP contribution < -0.4 is 5.32 Å². The van der Waals surface area contributed by atoms with Crippen LogP contribution in [0.3, 0.4) is 0 Å². The summed E-state index contributed by atoms with van der Waals surface area (Å²) in [5, 5.41) is 2.99. The third-order valence-corrected chi connectivity index (χ3v) is 3.09. The fraction of sp³-hybridized carbons (Fsp3) is 0.133. The van der Waals surface area contributed by atoms with Gasteiger partial charge in [-0.1, -0.05) is 18.2 Å². The van der Waals surface area contributed by atoms with Crippen molar-refractivity contribution >= 4 is 11.0 Å². The van der Waals surface area contributed by atoms with E-state index in [-0.39, 0.29) is 12.1 Å². The molecule has 3 rings (SSSR count). The van der Waals surface area contributed by atoms with Crippen LogP contribution in [0, 0.1) is 11.6 Å². The van der Waals surface area contributed by atoms with Crippen LogP contribution in [0.5, 0.6) is 0 Å². The van der Waals surface area contributed by atoms with Gasteiger partial charge in [0.05, 0.1) is 17.6 Å². The Morgan fingerprint density at radius 2 is 1.70 bits per heavy atom. The van der Waals surface area contributed by atoms with Gasteiger partial charge in [-0.2, -0.15) is 0 Å². The quantitative estimate of drug-likeness (QED) is 0.766. The third-order valence-electron chi connectivity index (χ3n) is 3.09. The zero-order valence-electron chi connectivity index (χ0n) is 10.7. The number of imidazole rings is 1. The Balaban J connectivity index is 1.68. The number of hydrogen-bond acceptors (Lipinski definition) is 2. The topological polar surface area (TPSA) is 40.7 Å². The van der Waals surface area contributed by atoms with Crippen molar-refractivity contribution in [2.24, 2.45) is 0 Å². The minimum atomic E-state index is -0.540. The molecule has 0 aliphatic heterocycles. The molecule has 0 radical (unpaired) electrons. The maximum atomic E-state index is 13.4. The lowest BCUT2D eigenvalue weighted by atomic mass is 10.2. The van der Waals surface area contributed by atoms with E-state index in [0.717, 1.165) is 16.9 Å². The highest BCUT2D eigenvalue weighted by molar-refractivity contribution is 5.74. The van der Waals surface area contributed by atoms with Gasteiger partial charge in [0.2, 0.25) is 0 Å². The number of halogens is 2. The van der Waals surface area contributed by atoms with Crippen molar-refractivity contribution < 1.29 is 8.78 Å². The van der Waals surface area contributed by atoms with Gasteiger partial charge in [0.15, 0.2) is 0 Å². The number of benzene rings is 2. The van der Waals surface area contributed by atoms with Crippen molar-refractivity contribution in [2.45, 2.75) is 13.1 Å². The molecule has 0 fully saturated rings. The number of hydrogen-bond donors (Lipinski definition) is 2. The molecule has 0 spiro atoms. The van der Waals surface area contributed by atoms with Gasteiger partial charge in [-0.3, -0.25) is 0 Å². The lowest BCUT2D eigenvalue weighted by molar-refractivity contribution is 0.533. The van der Waals surface area contributed by atoms with Crippen molar-refractivity contribution in [1.29, 1.82) is 0 Å². The Morgan fingerprint density at radius 1 is 0.950 bits per heavy atom. The summed E-state index contributed by atoms with van der Waals surface area (Å²) in [6, 6.07) is 11.5. The van der Waals surface area contributed by atoms with E-state index < -0.39 is 11.6 Å². The van der Waals surface area contributed by atoms with Gasteiger partial charge in [-0.15, -0.1) is 0 Å². The van der Waals surface area contributed by atoms with Gasteiger partial charge in [-0.25, -0.2) is 13.8 Å². The second kappa shape index (κ2) is 5.38. The van der Waals surface area contributed by atoms with Gasteiger partial charge in [0, 0.05) is 12.1 Å². The van der Waals surface area contributed by atoms with Crippen LogP contribution >= 0.6 is 0 Å². The second-order valence-corrected chi connectivity index (χ2v) is 4.50. The van der Waals surface area contributed by atoms with Crippen LogP contribution in [-0.2, 0) is 13.1 Å². The minimum Gasteiger partial charge on any atom is -0.341 e. The van der Waals surface area contributed by atoms with Crippen LogP contribution in [0.2, 0.25) is 0 Å². The second-order valence-electron chi connectivity index (χ2n) is 4.50. The number of para-hydroxylation sites is 2. The molecule has 0 aliphatic rings. The number of rotatable bonds is 4. The van der Waals surface area contributed by atoms with Crippen molar-refractivity contribution in [2.75, 3.05) is 0 Å². The zero-order chi connectivity index (χ0) is 13.9. The van der Waals surface area contributed by atoms with Gasteiger partial charge in [-0.05, 0) is 24.3 Å². The van der Waals surface area contributed by atoms with Gasteiger partial charge >= 0.3 is 0 Å². The van der Waals surface area contributed by atoms with Crippen LogP contribution in [0.1, 0.15) is 11.4 Å². The standard InChI is InChI=1S/C15H13F2N3/c16-11-4-3-5-12(17)10(11)8-18-9-15-19-13-6-1-2-7-14(13)20-15/h1-7,18H,8-9H2,(H,19,20). The molecular formula is C15H13F2N3. The highest BCUT2D eigenvalue weighted by Crippen LogP contribution is 2.13. The Bertz CT molecular complexity index is 684. The molecule has 2 N–H and O–H groups in total. The van der Waals surface area contributed by atoms with Crippen LogP contribution in [-0.4, -0.2) is 9.97 Å². The van der Waals surface area contributed by atoms with E-state index in [4.69, 9.17) is 0 Å². The Labute approximate surface area is 114 Å². The van der Waals surface area contributed by atoms with Crippen molar-refractivity contribution in [3.05, 3.63) is 65.5 Å². The highest BCUT2D eigenvalue weighted by Gasteiger charge is 2.08. The summed E-state index contributed by atoms with van der Waals surface area (Å²) in [7, 11) is 0. The molecule has 1 heterocycles. The molecule has 0 amide bonds. The molecule has 0 unspecified atom stereocenters. The van der Waals surface area contributed by atoms with E-state index in [9.17, 15) is 8.78 Å². The molecule has 20 heavy (non-hydrogen) atoms. The number of nitrogens with one attached hydrogen (secondary N) is 2. The number of fused-ring (bicyclic) bond motifs is 1. The third kappa shape index (κ3) is 2.53. The largest absolute Gasteiger partial charge is 0.341 e.